The topological polar surface area (TPSA) is 46.9 Å². The third-order valence-electron chi connectivity index (χ3n) is 6.17. The van der Waals surface area contributed by atoms with Crippen molar-refractivity contribution < 1.29 is 10.2 Å². The Balaban J connectivity index is 1.84. The van der Waals surface area contributed by atoms with Crippen LogP contribution in [0.15, 0.2) is 59.1 Å². The Labute approximate surface area is 190 Å². The highest BCUT2D eigenvalue weighted by Gasteiger charge is 2.52. The molecule has 0 spiro atoms. The summed E-state index contributed by atoms with van der Waals surface area (Å²) in [5.74, 6) is 0. The minimum Gasteiger partial charge on any atom is -0.375 e. The van der Waals surface area contributed by atoms with E-state index in [9.17, 15) is 10.2 Å². The minimum atomic E-state index is -1.64. The van der Waals surface area contributed by atoms with Crippen LogP contribution < -0.4 is 4.90 Å². The highest BCUT2D eigenvalue weighted by Crippen LogP contribution is 2.51. The molecule has 30 heavy (non-hydrogen) atoms. The van der Waals surface area contributed by atoms with Crippen LogP contribution in [0, 0.1) is 0 Å². The van der Waals surface area contributed by atoms with Crippen LogP contribution in [0.5, 0.6) is 0 Å². The van der Waals surface area contributed by atoms with Crippen LogP contribution in [0.25, 0.3) is 10.8 Å². The zero-order valence-corrected chi connectivity index (χ0v) is 19.5. The third-order valence-corrected chi connectivity index (χ3v) is 7.46. The first-order valence-electron chi connectivity index (χ1n) is 10.3. The summed E-state index contributed by atoms with van der Waals surface area (Å²) in [6.07, 6.45) is -1.14. The van der Waals surface area contributed by atoms with Gasteiger partial charge in [0.15, 0.2) is 11.8 Å². The highest BCUT2D eigenvalue weighted by molar-refractivity contribution is 9.10. The Morgan fingerprint density at radius 3 is 2.47 bits per heavy atom. The summed E-state index contributed by atoms with van der Waals surface area (Å²) < 4.78 is 0.694. The monoisotopic (exact) mass is 488 g/mol. The molecule has 0 amide bonds. The van der Waals surface area contributed by atoms with Gasteiger partial charge in [0.2, 0.25) is 0 Å². The van der Waals surface area contributed by atoms with Gasteiger partial charge in [-0.3, -0.25) is 0 Å². The van der Waals surface area contributed by atoms with Crippen LogP contribution in [0.4, 0.5) is 5.69 Å². The molecule has 4 nitrogen and oxygen atoms in total. The smallest absolute Gasteiger partial charge is 0.164 e. The fourth-order valence-corrected chi connectivity index (χ4v) is 5.01. The van der Waals surface area contributed by atoms with Gasteiger partial charge in [0.1, 0.15) is 0 Å². The summed E-state index contributed by atoms with van der Waals surface area (Å²) in [4.78, 5) is 4.15. The molecule has 0 aromatic heterocycles. The fraction of sp³-hybridized carbons (Fsp3) is 0.333. The molecule has 0 saturated carbocycles. The first-order chi connectivity index (χ1) is 14.4. The number of anilines is 1. The number of hydrogen-bond donors (Lipinski definition) is 2. The number of likely N-dealkylation sites (N-methyl/N-ethyl adjacent to an activating group) is 1. The number of hydrogen-bond acceptors (Lipinski definition) is 4. The van der Waals surface area contributed by atoms with E-state index in [1.165, 1.54) is 0 Å². The number of fused-ring (bicyclic) bond motifs is 2. The van der Waals surface area contributed by atoms with E-state index in [1.807, 2.05) is 59.5 Å². The van der Waals surface area contributed by atoms with Crippen molar-refractivity contribution in [2.24, 2.45) is 0 Å². The van der Waals surface area contributed by atoms with Crippen molar-refractivity contribution in [1.82, 2.24) is 4.90 Å². The Bertz CT molecular complexity index is 1070. The molecule has 6 heteroatoms. The van der Waals surface area contributed by atoms with Crippen molar-refractivity contribution in [2.75, 3.05) is 31.1 Å². The van der Waals surface area contributed by atoms with Crippen molar-refractivity contribution in [3.63, 3.8) is 0 Å². The molecule has 158 valence electrons. The van der Waals surface area contributed by atoms with Crippen molar-refractivity contribution >= 4 is 44.0 Å². The quantitative estimate of drug-likeness (QED) is 0.513. The summed E-state index contributed by atoms with van der Waals surface area (Å²) in [6.45, 7) is 7.48. The average Bonchev–Trinajstić information content (AvgIpc) is 2.99. The molecular formula is C24H26BrClN2O2. The van der Waals surface area contributed by atoms with Gasteiger partial charge in [-0.05, 0) is 63.6 Å². The van der Waals surface area contributed by atoms with Crippen LogP contribution in [-0.4, -0.2) is 47.5 Å². The highest BCUT2D eigenvalue weighted by atomic mass is 79.9. The lowest BCUT2D eigenvalue weighted by Gasteiger charge is -2.33. The van der Waals surface area contributed by atoms with Crippen molar-refractivity contribution in [2.45, 2.75) is 25.7 Å². The van der Waals surface area contributed by atoms with Gasteiger partial charge in [-0.15, -0.1) is 0 Å². The summed E-state index contributed by atoms with van der Waals surface area (Å²) in [6, 6.07) is 17.6. The molecule has 2 unspecified atom stereocenters. The lowest BCUT2D eigenvalue weighted by Crippen LogP contribution is -2.48. The lowest BCUT2D eigenvalue weighted by atomic mass is 9.85. The predicted octanol–water partition coefficient (Wildman–Crippen LogP) is 4.97. The molecule has 0 fully saturated rings. The minimum absolute atomic E-state index is 0.424. The largest absolute Gasteiger partial charge is 0.375 e. The van der Waals surface area contributed by atoms with E-state index < -0.39 is 11.8 Å². The standard InChI is InChI=1S/C24H26BrClN2O2/c1-3-27(4-2)13-14-28-20-12-11-19(25)22(26)21(20)24(30,23(28)29)18-10-9-16-7-5-6-8-17(16)15-18/h5-12,15,23,29-30H,3-4,13-14H2,1-2H3. The summed E-state index contributed by atoms with van der Waals surface area (Å²) in [7, 11) is 0. The normalized spacial score (nSPS) is 20.9. The molecule has 2 N–H and O–H groups in total. The van der Waals surface area contributed by atoms with Gasteiger partial charge in [-0.1, -0.05) is 61.8 Å². The van der Waals surface area contributed by atoms with E-state index in [2.05, 4.69) is 34.7 Å². The molecule has 1 aliphatic rings. The molecule has 1 aliphatic heterocycles. The molecular weight excluding hydrogens is 464 g/mol. The molecule has 0 radical (unpaired) electrons. The SMILES string of the molecule is CCN(CC)CCN1c2ccc(Br)c(Cl)c2C(O)(c2ccc3ccccc3c2)C1O. The van der Waals surface area contributed by atoms with E-state index in [-0.39, 0.29) is 0 Å². The third kappa shape index (κ3) is 3.43. The zero-order chi connectivity index (χ0) is 21.5. The van der Waals surface area contributed by atoms with Gasteiger partial charge in [-0.25, -0.2) is 0 Å². The number of aliphatic hydroxyl groups excluding tert-OH is 1. The van der Waals surface area contributed by atoms with Gasteiger partial charge in [-0.2, -0.15) is 0 Å². The second-order valence-electron chi connectivity index (χ2n) is 7.68. The van der Waals surface area contributed by atoms with Gasteiger partial charge in [0.25, 0.3) is 0 Å². The summed E-state index contributed by atoms with van der Waals surface area (Å²) in [5, 5.41) is 25.9. The molecule has 1 heterocycles. The lowest BCUT2D eigenvalue weighted by molar-refractivity contribution is -0.0386. The maximum absolute atomic E-state index is 12.0. The van der Waals surface area contributed by atoms with Gasteiger partial charge in [0.05, 0.1) is 5.02 Å². The molecule has 2 atom stereocenters. The van der Waals surface area contributed by atoms with Crippen LogP contribution in [-0.2, 0) is 5.60 Å². The predicted molar refractivity (Wildman–Crippen MR) is 127 cm³/mol. The average molecular weight is 490 g/mol. The first-order valence-corrected chi connectivity index (χ1v) is 11.5. The van der Waals surface area contributed by atoms with Crippen molar-refractivity contribution in [3.8, 4) is 0 Å². The molecule has 0 saturated heterocycles. The second-order valence-corrected chi connectivity index (χ2v) is 8.91. The summed E-state index contributed by atoms with van der Waals surface area (Å²) >= 11 is 10.2. The number of benzene rings is 3. The first kappa shape index (κ1) is 21.6. The zero-order valence-electron chi connectivity index (χ0n) is 17.1. The Morgan fingerprint density at radius 1 is 1.07 bits per heavy atom. The molecule has 0 aliphatic carbocycles. The van der Waals surface area contributed by atoms with Crippen LogP contribution in [0.2, 0.25) is 5.02 Å². The van der Waals surface area contributed by atoms with E-state index >= 15 is 0 Å². The maximum Gasteiger partial charge on any atom is 0.164 e. The number of aliphatic hydroxyl groups is 2. The Hall–Kier alpha value is -1.63. The Kier molecular flexibility index (Phi) is 6.11. The number of nitrogens with zero attached hydrogens (tertiary/aromatic N) is 2. The Morgan fingerprint density at radius 2 is 1.77 bits per heavy atom. The molecule has 3 aromatic rings. The number of halogens is 2. The molecule has 4 rings (SSSR count). The fourth-order valence-electron chi connectivity index (χ4n) is 4.38. The van der Waals surface area contributed by atoms with Gasteiger partial charge in [0, 0.05) is 28.8 Å². The van der Waals surface area contributed by atoms with Crippen LogP contribution in [0.3, 0.4) is 0 Å². The number of rotatable bonds is 6. The maximum atomic E-state index is 12.0. The van der Waals surface area contributed by atoms with E-state index in [0.717, 1.165) is 36.1 Å². The van der Waals surface area contributed by atoms with Gasteiger partial charge >= 0.3 is 0 Å². The van der Waals surface area contributed by atoms with Crippen LogP contribution >= 0.6 is 27.5 Å². The van der Waals surface area contributed by atoms with Gasteiger partial charge < -0.3 is 20.0 Å². The van der Waals surface area contributed by atoms with E-state index in [1.54, 1.807) is 0 Å². The molecule has 3 aromatic carbocycles. The summed E-state index contributed by atoms with van der Waals surface area (Å²) in [5.41, 5.74) is 0.295. The van der Waals surface area contributed by atoms with E-state index in [0.29, 0.717) is 27.2 Å². The second kappa shape index (κ2) is 8.48. The molecule has 0 bridgehead atoms. The van der Waals surface area contributed by atoms with Crippen molar-refractivity contribution in [1.29, 1.82) is 0 Å². The van der Waals surface area contributed by atoms with Crippen molar-refractivity contribution in [3.05, 3.63) is 75.2 Å². The van der Waals surface area contributed by atoms with E-state index in [4.69, 9.17) is 11.6 Å². The van der Waals surface area contributed by atoms with Crippen LogP contribution in [0.1, 0.15) is 25.0 Å².